The Morgan fingerprint density at radius 3 is 1.40 bits per heavy atom. The van der Waals surface area contributed by atoms with Gasteiger partial charge in [-0.1, -0.05) is 79.8 Å². The molecule has 0 amide bonds. The number of hydrogen-bond acceptors (Lipinski definition) is 2. The second-order valence-electron chi connectivity index (χ2n) is 5.40. The van der Waals surface area contributed by atoms with E-state index in [1.54, 1.807) is 23.0 Å². The van der Waals surface area contributed by atoms with E-state index in [2.05, 4.69) is 76.8 Å². The predicted molar refractivity (Wildman–Crippen MR) is 118 cm³/mol. The summed E-state index contributed by atoms with van der Waals surface area (Å²) < 4.78 is 4.55. The second kappa shape index (κ2) is 20.7. The van der Waals surface area contributed by atoms with Crippen LogP contribution in [0.5, 0.6) is 0 Å². The molecule has 0 aromatic heterocycles. The smallest absolute Gasteiger partial charge is 0.315 e. The van der Waals surface area contributed by atoms with E-state index in [9.17, 15) is 4.79 Å². The first kappa shape index (κ1) is 23.6. The molecule has 0 heterocycles. The van der Waals surface area contributed by atoms with Gasteiger partial charge >= 0.3 is 5.97 Å². The molecule has 0 bridgehead atoms. The molecular weight excluding hydrogens is 423 g/mol. The van der Waals surface area contributed by atoms with Crippen LogP contribution in [-0.4, -0.2) is 5.97 Å². The van der Waals surface area contributed by atoms with Gasteiger partial charge in [0, 0.05) is 6.42 Å². The van der Waals surface area contributed by atoms with Gasteiger partial charge in [-0.2, -0.15) is 0 Å². The van der Waals surface area contributed by atoms with Gasteiger partial charge in [-0.15, -0.1) is 0 Å². The van der Waals surface area contributed by atoms with Crippen molar-refractivity contribution >= 4 is 29.0 Å². The van der Waals surface area contributed by atoms with Crippen LogP contribution in [0, 0.1) is 0 Å². The summed E-state index contributed by atoms with van der Waals surface area (Å²) in [4.78, 5) is 10.9. The molecule has 0 unspecified atom stereocenters. The first-order valence-electron chi connectivity index (χ1n) is 9.02. The summed E-state index contributed by atoms with van der Waals surface area (Å²) in [6.07, 6.45) is 33.2. The van der Waals surface area contributed by atoms with Crippen molar-refractivity contribution in [2.24, 2.45) is 0 Å². The molecule has 0 fully saturated rings. The lowest BCUT2D eigenvalue weighted by atomic mass is 10.2. The van der Waals surface area contributed by atoms with Crippen molar-refractivity contribution in [3.05, 3.63) is 72.9 Å². The van der Waals surface area contributed by atoms with Crippen molar-refractivity contribution in [1.82, 2.24) is 0 Å². The van der Waals surface area contributed by atoms with Gasteiger partial charge in [-0.3, -0.25) is 4.79 Å². The van der Waals surface area contributed by atoms with Crippen LogP contribution in [-0.2, 0) is 7.86 Å². The molecule has 138 valence electrons. The van der Waals surface area contributed by atoms with Crippen LogP contribution in [0.2, 0.25) is 0 Å². The summed E-state index contributed by atoms with van der Waals surface area (Å²) in [5.74, 6) is -0.167. The maximum atomic E-state index is 10.9. The van der Waals surface area contributed by atoms with Crippen molar-refractivity contribution in [2.75, 3.05) is 0 Å². The highest BCUT2D eigenvalue weighted by molar-refractivity contribution is 14.1. The zero-order valence-electron chi connectivity index (χ0n) is 15.3. The highest BCUT2D eigenvalue weighted by atomic mass is 127. The third-order valence-corrected chi connectivity index (χ3v) is 3.69. The van der Waals surface area contributed by atoms with Crippen molar-refractivity contribution < 1.29 is 7.86 Å². The fourth-order valence-electron chi connectivity index (χ4n) is 1.88. The first-order valence-corrected chi connectivity index (χ1v) is 9.90. The molecule has 0 aromatic carbocycles. The minimum atomic E-state index is -0.167. The zero-order chi connectivity index (χ0) is 18.4. The van der Waals surface area contributed by atoms with E-state index in [0.717, 1.165) is 44.9 Å². The average molecular weight is 454 g/mol. The number of carbonyl (C=O) groups excluding carboxylic acids is 1. The van der Waals surface area contributed by atoms with Gasteiger partial charge in [0.25, 0.3) is 0 Å². The second-order valence-corrected chi connectivity index (χ2v) is 5.84. The third-order valence-electron chi connectivity index (χ3n) is 3.20. The fourth-order valence-corrected chi connectivity index (χ4v) is 2.10. The Morgan fingerprint density at radius 2 is 1.04 bits per heavy atom. The van der Waals surface area contributed by atoms with Crippen LogP contribution in [0.4, 0.5) is 0 Å². The molecule has 3 heteroatoms. The maximum absolute atomic E-state index is 10.9. The van der Waals surface area contributed by atoms with Crippen molar-refractivity contribution in [1.29, 1.82) is 0 Å². The Kier molecular flexibility index (Phi) is 19.6. The molecule has 0 rings (SSSR count). The van der Waals surface area contributed by atoms with E-state index in [1.807, 2.05) is 6.08 Å². The van der Waals surface area contributed by atoms with Crippen LogP contribution in [0.1, 0.15) is 58.3 Å². The summed E-state index contributed by atoms with van der Waals surface area (Å²) in [6, 6.07) is 0. The van der Waals surface area contributed by atoms with Crippen LogP contribution >= 0.6 is 23.0 Å². The zero-order valence-corrected chi connectivity index (χ0v) is 17.4. The van der Waals surface area contributed by atoms with E-state index in [-0.39, 0.29) is 5.97 Å². The van der Waals surface area contributed by atoms with Crippen molar-refractivity contribution in [3.63, 3.8) is 0 Å². The van der Waals surface area contributed by atoms with Crippen LogP contribution in [0.3, 0.4) is 0 Å². The topological polar surface area (TPSA) is 26.3 Å². The molecular formula is C22H31IO2. The molecule has 0 aromatic rings. The Hall–Kier alpha value is -1.36. The lowest BCUT2D eigenvalue weighted by molar-refractivity contribution is -0.131. The quantitative estimate of drug-likeness (QED) is 0.203. The molecule has 2 nitrogen and oxygen atoms in total. The van der Waals surface area contributed by atoms with Gasteiger partial charge in [0.15, 0.2) is 23.0 Å². The standard InChI is InChI=1S/C22H31IO2/c1-2-3-4-5-6-7-8-9-10-11-12-13-14-15-16-17-18-19-20-21-22(24)25-23/h3-4,6-7,9-10,12-13,15-16,18-19H,2,5,8,11,14,17,20-21H2,1H3. The lowest BCUT2D eigenvalue weighted by Crippen LogP contribution is -1.93. The van der Waals surface area contributed by atoms with E-state index in [0.29, 0.717) is 6.42 Å². The van der Waals surface area contributed by atoms with Crippen LogP contribution in [0.25, 0.3) is 0 Å². The lowest BCUT2D eigenvalue weighted by Gasteiger charge is -1.91. The van der Waals surface area contributed by atoms with Crippen molar-refractivity contribution in [2.45, 2.75) is 58.3 Å². The molecule has 25 heavy (non-hydrogen) atoms. The normalized spacial score (nSPS) is 12.9. The van der Waals surface area contributed by atoms with Gasteiger partial charge in [0.05, 0.1) is 0 Å². The highest BCUT2D eigenvalue weighted by Crippen LogP contribution is 2.00. The molecule has 0 aliphatic carbocycles. The number of allylic oxidation sites excluding steroid dienone is 12. The third kappa shape index (κ3) is 20.6. The molecule has 0 aliphatic rings. The molecule has 0 atom stereocenters. The predicted octanol–water partition coefficient (Wildman–Crippen LogP) is 7.36. The Balaban J connectivity index is 3.53. The number of carbonyl (C=O) groups is 1. The minimum absolute atomic E-state index is 0.167. The van der Waals surface area contributed by atoms with Crippen LogP contribution < -0.4 is 0 Å². The van der Waals surface area contributed by atoms with Crippen molar-refractivity contribution in [3.8, 4) is 0 Å². The van der Waals surface area contributed by atoms with E-state index >= 15 is 0 Å². The molecule has 0 spiro atoms. The Labute approximate surface area is 167 Å². The number of rotatable bonds is 14. The summed E-state index contributed by atoms with van der Waals surface area (Å²) in [5.41, 5.74) is 0. The minimum Gasteiger partial charge on any atom is -0.394 e. The number of halogens is 1. The van der Waals surface area contributed by atoms with Gasteiger partial charge < -0.3 is 3.07 Å². The summed E-state index contributed by atoms with van der Waals surface area (Å²) >= 11 is 1.62. The van der Waals surface area contributed by atoms with Crippen LogP contribution in [0.15, 0.2) is 72.9 Å². The highest BCUT2D eigenvalue weighted by Gasteiger charge is 1.96. The first-order chi connectivity index (χ1) is 12.3. The van der Waals surface area contributed by atoms with Gasteiger partial charge in [-0.25, -0.2) is 0 Å². The number of hydrogen-bond donors (Lipinski definition) is 0. The van der Waals surface area contributed by atoms with Gasteiger partial charge in [0.1, 0.15) is 0 Å². The monoisotopic (exact) mass is 454 g/mol. The summed E-state index contributed by atoms with van der Waals surface area (Å²) in [5, 5.41) is 0. The molecule has 0 saturated heterocycles. The summed E-state index contributed by atoms with van der Waals surface area (Å²) in [6.45, 7) is 2.15. The van der Waals surface area contributed by atoms with E-state index in [1.165, 1.54) is 0 Å². The van der Waals surface area contributed by atoms with Gasteiger partial charge in [-0.05, 0) is 44.9 Å². The molecule has 0 saturated carbocycles. The molecule has 0 radical (unpaired) electrons. The largest absolute Gasteiger partial charge is 0.394 e. The molecule has 0 aliphatic heterocycles. The fraction of sp³-hybridized carbons (Fsp3) is 0.409. The van der Waals surface area contributed by atoms with E-state index < -0.39 is 0 Å². The Bertz CT molecular complexity index is 482. The summed E-state index contributed by atoms with van der Waals surface area (Å²) in [7, 11) is 0. The Morgan fingerprint density at radius 1 is 0.680 bits per heavy atom. The molecule has 0 N–H and O–H groups in total. The van der Waals surface area contributed by atoms with Gasteiger partial charge in [0.2, 0.25) is 0 Å². The SMILES string of the molecule is CCC=CCC=CCC=CCC=CCC=CCC=CCCC(=O)OI. The maximum Gasteiger partial charge on any atom is 0.315 e. The van der Waals surface area contributed by atoms with E-state index in [4.69, 9.17) is 0 Å². The average Bonchev–Trinajstić information content (AvgIpc) is 2.63.